The topological polar surface area (TPSA) is 26.0 Å². The average Bonchev–Trinajstić information content (AvgIpc) is 2.53. The molecular formula is C20H25N. The zero-order chi connectivity index (χ0) is 14.7. The van der Waals surface area contributed by atoms with E-state index < -0.39 is 0 Å². The fourth-order valence-corrected chi connectivity index (χ4v) is 3.35. The van der Waals surface area contributed by atoms with Crippen molar-refractivity contribution >= 4 is 0 Å². The van der Waals surface area contributed by atoms with E-state index in [4.69, 9.17) is 5.73 Å². The maximum absolute atomic E-state index is 6.43. The van der Waals surface area contributed by atoms with Crippen LogP contribution < -0.4 is 5.73 Å². The van der Waals surface area contributed by atoms with Gasteiger partial charge in [0.2, 0.25) is 0 Å². The van der Waals surface area contributed by atoms with Gasteiger partial charge in [0.05, 0.1) is 0 Å². The van der Waals surface area contributed by atoms with E-state index in [0.717, 1.165) is 12.8 Å². The first-order valence-electron chi connectivity index (χ1n) is 8.16. The van der Waals surface area contributed by atoms with Crippen molar-refractivity contribution in [2.24, 2.45) is 5.73 Å². The first kappa shape index (κ1) is 14.3. The predicted octanol–water partition coefficient (Wildman–Crippen LogP) is 4.51. The second kappa shape index (κ2) is 6.44. The lowest BCUT2D eigenvalue weighted by Crippen LogP contribution is -2.13. The lowest BCUT2D eigenvalue weighted by Gasteiger charge is -2.19. The minimum atomic E-state index is 0.150. The normalized spacial score (nSPS) is 15.5. The summed E-state index contributed by atoms with van der Waals surface area (Å²) < 4.78 is 0. The molecule has 1 unspecified atom stereocenters. The van der Waals surface area contributed by atoms with Crippen LogP contribution in [0.4, 0.5) is 0 Å². The molecule has 1 atom stereocenters. The van der Waals surface area contributed by atoms with Gasteiger partial charge in [-0.15, -0.1) is 0 Å². The van der Waals surface area contributed by atoms with Gasteiger partial charge in [-0.25, -0.2) is 0 Å². The van der Waals surface area contributed by atoms with Crippen molar-refractivity contribution in [2.45, 2.75) is 51.5 Å². The summed E-state index contributed by atoms with van der Waals surface area (Å²) in [6, 6.07) is 15.7. The molecule has 2 aromatic rings. The summed E-state index contributed by atoms with van der Waals surface area (Å²) in [5, 5.41) is 0. The number of hydrogen-bond acceptors (Lipinski definition) is 1. The first-order valence-corrected chi connectivity index (χ1v) is 8.16. The average molecular weight is 279 g/mol. The second-order valence-electron chi connectivity index (χ2n) is 6.31. The third-order valence-corrected chi connectivity index (χ3v) is 4.79. The van der Waals surface area contributed by atoms with Gasteiger partial charge in [0.25, 0.3) is 0 Å². The van der Waals surface area contributed by atoms with Gasteiger partial charge in [0.1, 0.15) is 0 Å². The molecule has 21 heavy (non-hydrogen) atoms. The van der Waals surface area contributed by atoms with Crippen LogP contribution in [-0.2, 0) is 19.3 Å². The lowest BCUT2D eigenvalue weighted by atomic mass is 9.88. The molecule has 2 aromatic carbocycles. The van der Waals surface area contributed by atoms with Crippen LogP contribution in [0.15, 0.2) is 42.5 Å². The van der Waals surface area contributed by atoms with E-state index in [1.807, 2.05) is 0 Å². The van der Waals surface area contributed by atoms with Gasteiger partial charge in [0.15, 0.2) is 0 Å². The summed E-state index contributed by atoms with van der Waals surface area (Å²) in [6.07, 6.45) is 7.22. The number of rotatable bonds is 4. The maximum Gasteiger partial charge on any atom is 0.0298 e. The van der Waals surface area contributed by atoms with Crippen molar-refractivity contribution in [1.29, 1.82) is 0 Å². The van der Waals surface area contributed by atoms with Gasteiger partial charge < -0.3 is 5.73 Å². The zero-order valence-electron chi connectivity index (χ0n) is 12.9. The van der Waals surface area contributed by atoms with Gasteiger partial charge in [-0.1, -0.05) is 42.5 Å². The molecule has 0 fully saturated rings. The molecule has 3 rings (SSSR count). The van der Waals surface area contributed by atoms with Crippen molar-refractivity contribution in [3.05, 3.63) is 70.3 Å². The van der Waals surface area contributed by atoms with Crippen LogP contribution in [0, 0.1) is 6.92 Å². The third-order valence-electron chi connectivity index (χ3n) is 4.79. The Morgan fingerprint density at radius 1 is 1.00 bits per heavy atom. The fraction of sp³-hybridized carbons (Fsp3) is 0.400. The molecule has 0 saturated carbocycles. The molecule has 1 aliphatic rings. The van der Waals surface area contributed by atoms with E-state index in [2.05, 4.69) is 49.4 Å². The molecule has 0 aliphatic heterocycles. The lowest BCUT2D eigenvalue weighted by molar-refractivity contribution is 0.641. The molecule has 2 N–H and O–H groups in total. The smallest absolute Gasteiger partial charge is 0.0298 e. The fourth-order valence-electron chi connectivity index (χ4n) is 3.35. The predicted molar refractivity (Wildman–Crippen MR) is 89.5 cm³/mol. The number of aryl methyl sites for hydroxylation is 4. The van der Waals surface area contributed by atoms with Gasteiger partial charge in [0, 0.05) is 6.04 Å². The van der Waals surface area contributed by atoms with E-state index in [1.165, 1.54) is 53.5 Å². The SMILES string of the molecule is Cc1ccccc1CCC(N)c1ccc2c(c1)CCCC2. The summed E-state index contributed by atoms with van der Waals surface area (Å²) in [5.41, 5.74) is 13.6. The Kier molecular flexibility index (Phi) is 4.40. The minimum absolute atomic E-state index is 0.150. The maximum atomic E-state index is 6.43. The Morgan fingerprint density at radius 3 is 2.57 bits per heavy atom. The highest BCUT2D eigenvalue weighted by atomic mass is 14.6. The molecule has 110 valence electrons. The van der Waals surface area contributed by atoms with Crippen LogP contribution in [0.1, 0.15) is 53.1 Å². The molecule has 0 amide bonds. The molecule has 0 spiro atoms. The van der Waals surface area contributed by atoms with Gasteiger partial charge in [-0.05, 0) is 73.3 Å². The molecule has 0 heterocycles. The molecule has 1 aliphatic carbocycles. The largest absolute Gasteiger partial charge is 0.324 e. The Morgan fingerprint density at radius 2 is 1.76 bits per heavy atom. The number of hydrogen-bond donors (Lipinski definition) is 1. The van der Waals surface area contributed by atoms with Crippen LogP contribution >= 0.6 is 0 Å². The molecule has 0 radical (unpaired) electrons. The van der Waals surface area contributed by atoms with Gasteiger partial charge in [-0.2, -0.15) is 0 Å². The zero-order valence-corrected chi connectivity index (χ0v) is 12.9. The monoisotopic (exact) mass is 279 g/mol. The van der Waals surface area contributed by atoms with Gasteiger partial charge >= 0.3 is 0 Å². The van der Waals surface area contributed by atoms with Gasteiger partial charge in [-0.3, -0.25) is 0 Å². The van der Waals surface area contributed by atoms with Crippen LogP contribution in [0.5, 0.6) is 0 Å². The highest BCUT2D eigenvalue weighted by molar-refractivity contribution is 5.35. The first-order chi connectivity index (χ1) is 10.2. The number of benzene rings is 2. The van der Waals surface area contributed by atoms with Crippen LogP contribution in [-0.4, -0.2) is 0 Å². The highest BCUT2D eigenvalue weighted by Crippen LogP contribution is 2.26. The van der Waals surface area contributed by atoms with E-state index in [1.54, 1.807) is 0 Å². The quantitative estimate of drug-likeness (QED) is 0.875. The van der Waals surface area contributed by atoms with E-state index in [-0.39, 0.29) is 6.04 Å². The Labute approximate surface area is 128 Å². The Balaban J connectivity index is 1.68. The molecule has 1 nitrogen and oxygen atoms in total. The summed E-state index contributed by atoms with van der Waals surface area (Å²) in [5.74, 6) is 0. The number of fused-ring (bicyclic) bond motifs is 1. The van der Waals surface area contributed by atoms with E-state index >= 15 is 0 Å². The summed E-state index contributed by atoms with van der Waals surface area (Å²) in [6.45, 7) is 2.18. The summed E-state index contributed by atoms with van der Waals surface area (Å²) >= 11 is 0. The molecule has 0 saturated heterocycles. The van der Waals surface area contributed by atoms with Crippen molar-refractivity contribution in [2.75, 3.05) is 0 Å². The van der Waals surface area contributed by atoms with E-state index in [9.17, 15) is 0 Å². The highest BCUT2D eigenvalue weighted by Gasteiger charge is 2.13. The Bertz CT molecular complexity index is 615. The molecular weight excluding hydrogens is 254 g/mol. The van der Waals surface area contributed by atoms with Crippen molar-refractivity contribution in [3.63, 3.8) is 0 Å². The van der Waals surface area contributed by atoms with Crippen LogP contribution in [0.3, 0.4) is 0 Å². The second-order valence-corrected chi connectivity index (χ2v) is 6.31. The number of nitrogens with two attached hydrogens (primary N) is 1. The van der Waals surface area contributed by atoms with Crippen LogP contribution in [0.25, 0.3) is 0 Å². The standard InChI is InChI=1S/C20H25N/c1-15-6-2-3-7-16(15)12-13-20(21)19-11-10-17-8-4-5-9-18(17)14-19/h2-3,6-7,10-11,14,20H,4-5,8-9,12-13,21H2,1H3. The molecule has 1 heteroatoms. The molecule has 0 bridgehead atoms. The summed E-state index contributed by atoms with van der Waals surface area (Å²) in [7, 11) is 0. The van der Waals surface area contributed by atoms with Crippen LogP contribution in [0.2, 0.25) is 0 Å². The van der Waals surface area contributed by atoms with E-state index in [0.29, 0.717) is 0 Å². The molecule has 0 aromatic heterocycles. The third kappa shape index (κ3) is 3.36. The van der Waals surface area contributed by atoms with Crippen molar-refractivity contribution < 1.29 is 0 Å². The minimum Gasteiger partial charge on any atom is -0.324 e. The van der Waals surface area contributed by atoms with Crippen molar-refractivity contribution in [1.82, 2.24) is 0 Å². The summed E-state index contributed by atoms with van der Waals surface area (Å²) in [4.78, 5) is 0. The Hall–Kier alpha value is -1.60. The van der Waals surface area contributed by atoms with Crippen molar-refractivity contribution in [3.8, 4) is 0 Å².